The monoisotopic (exact) mass is 451 g/mol. The van der Waals surface area contributed by atoms with Crippen molar-refractivity contribution in [3.63, 3.8) is 0 Å². The van der Waals surface area contributed by atoms with Crippen molar-refractivity contribution in [2.45, 2.75) is 26.0 Å². The van der Waals surface area contributed by atoms with Crippen LogP contribution in [0, 0.1) is 0 Å². The quantitative estimate of drug-likeness (QED) is 0.542. The maximum Gasteiger partial charge on any atom is 0.258 e. The molecule has 0 atom stereocenters. The lowest BCUT2D eigenvalue weighted by atomic mass is 9.90. The highest BCUT2D eigenvalue weighted by Crippen LogP contribution is 2.39. The van der Waals surface area contributed by atoms with Crippen LogP contribution in [0.3, 0.4) is 0 Å². The van der Waals surface area contributed by atoms with Gasteiger partial charge >= 0.3 is 0 Å². The van der Waals surface area contributed by atoms with E-state index in [1.165, 1.54) is 0 Å². The number of ether oxygens (including phenoxy) is 2. The fourth-order valence-corrected chi connectivity index (χ4v) is 3.92. The second kappa shape index (κ2) is 7.56. The van der Waals surface area contributed by atoms with Crippen molar-refractivity contribution in [3.05, 3.63) is 98.4 Å². The summed E-state index contributed by atoms with van der Waals surface area (Å²) in [5.74, 6) is 1.58. The smallest absolute Gasteiger partial charge is 0.258 e. The third-order valence-corrected chi connectivity index (χ3v) is 5.41. The number of aromatic nitrogens is 1. The summed E-state index contributed by atoms with van der Waals surface area (Å²) in [5.41, 5.74) is 2.98. The van der Waals surface area contributed by atoms with E-state index in [1.54, 1.807) is 11.7 Å². The van der Waals surface area contributed by atoms with Gasteiger partial charge in [0.1, 0.15) is 17.1 Å². The van der Waals surface area contributed by atoms with Crippen LogP contribution in [0.5, 0.6) is 11.5 Å². The number of pyridine rings is 1. The van der Waals surface area contributed by atoms with Crippen LogP contribution in [-0.2, 0) is 6.54 Å². The van der Waals surface area contributed by atoms with Crippen molar-refractivity contribution in [3.8, 4) is 11.5 Å². The fourth-order valence-electron chi connectivity index (χ4n) is 3.56. The minimum Gasteiger partial charge on any atom is -0.497 e. The van der Waals surface area contributed by atoms with Gasteiger partial charge in [-0.1, -0.05) is 28.1 Å². The second-order valence-corrected chi connectivity index (χ2v) is 8.52. The molecule has 0 N–H and O–H groups in total. The first-order chi connectivity index (χ1) is 13.9. The molecule has 0 bridgehead atoms. The molecule has 2 heterocycles. The number of fused-ring (bicyclic) bond motifs is 1. The maximum absolute atomic E-state index is 13.3. The lowest BCUT2D eigenvalue weighted by Crippen LogP contribution is -2.31. The molecule has 0 radical (unpaired) electrons. The molecule has 3 aromatic rings. The molecule has 5 heteroatoms. The summed E-state index contributed by atoms with van der Waals surface area (Å²) in [7, 11) is 1.64. The number of halogens is 1. The summed E-state index contributed by atoms with van der Waals surface area (Å²) >= 11 is 3.53. The standard InChI is InChI=1S/C24H22BrNO3/c1-24(2)14-21(20-13-17(25)8-11-22(20)29-24)19-5-4-12-26(23(19)27)15-16-6-9-18(28-3)10-7-16/h4-14H,15H2,1-3H3. The van der Waals surface area contributed by atoms with Crippen LogP contribution in [0.4, 0.5) is 0 Å². The number of rotatable bonds is 4. The van der Waals surface area contributed by atoms with Gasteiger partial charge in [-0.15, -0.1) is 0 Å². The largest absolute Gasteiger partial charge is 0.497 e. The van der Waals surface area contributed by atoms with E-state index in [9.17, 15) is 4.79 Å². The third kappa shape index (κ3) is 4.01. The molecule has 1 aliphatic rings. The lowest BCUT2D eigenvalue weighted by molar-refractivity contribution is 0.158. The van der Waals surface area contributed by atoms with Crippen molar-refractivity contribution in [1.82, 2.24) is 4.57 Å². The summed E-state index contributed by atoms with van der Waals surface area (Å²) in [6.45, 7) is 4.49. The Morgan fingerprint density at radius 2 is 1.83 bits per heavy atom. The lowest BCUT2D eigenvalue weighted by Gasteiger charge is -2.31. The molecule has 4 rings (SSSR count). The Morgan fingerprint density at radius 1 is 1.07 bits per heavy atom. The molecule has 29 heavy (non-hydrogen) atoms. The topological polar surface area (TPSA) is 40.5 Å². The Hall–Kier alpha value is -2.79. The Morgan fingerprint density at radius 3 is 2.55 bits per heavy atom. The van der Waals surface area contributed by atoms with E-state index in [0.29, 0.717) is 12.1 Å². The van der Waals surface area contributed by atoms with Gasteiger partial charge in [0.2, 0.25) is 0 Å². The van der Waals surface area contributed by atoms with Gasteiger partial charge in [-0.3, -0.25) is 4.79 Å². The highest BCUT2D eigenvalue weighted by molar-refractivity contribution is 9.10. The molecule has 0 saturated heterocycles. The molecule has 2 aromatic carbocycles. The van der Waals surface area contributed by atoms with Crippen molar-refractivity contribution in [2.24, 2.45) is 0 Å². The highest BCUT2D eigenvalue weighted by Gasteiger charge is 2.28. The van der Waals surface area contributed by atoms with E-state index in [4.69, 9.17) is 9.47 Å². The number of nitrogens with zero attached hydrogens (tertiary/aromatic N) is 1. The number of hydrogen-bond donors (Lipinski definition) is 0. The van der Waals surface area contributed by atoms with Gasteiger partial charge in [0.15, 0.2) is 0 Å². The van der Waals surface area contributed by atoms with E-state index >= 15 is 0 Å². The zero-order chi connectivity index (χ0) is 20.6. The molecule has 1 aromatic heterocycles. The molecule has 4 nitrogen and oxygen atoms in total. The predicted molar refractivity (Wildman–Crippen MR) is 119 cm³/mol. The Balaban J connectivity index is 1.77. The first-order valence-corrected chi connectivity index (χ1v) is 10.2. The van der Waals surface area contributed by atoms with Crippen LogP contribution >= 0.6 is 15.9 Å². The number of methoxy groups -OCH3 is 1. The molecule has 1 aliphatic heterocycles. The van der Waals surface area contributed by atoms with E-state index in [2.05, 4.69) is 15.9 Å². The van der Waals surface area contributed by atoms with E-state index < -0.39 is 5.60 Å². The van der Waals surface area contributed by atoms with E-state index in [0.717, 1.165) is 32.7 Å². The number of hydrogen-bond acceptors (Lipinski definition) is 3. The molecule has 0 fully saturated rings. The summed E-state index contributed by atoms with van der Waals surface area (Å²) in [6, 6.07) is 17.4. The summed E-state index contributed by atoms with van der Waals surface area (Å²) < 4.78 is 14.0. The second-order valence-electron chi connectivity index (χ2n) is 7.61. The molecular weight excluding hydrogens is 430 g/mol. The third-order valence-electron chi connectivity index (χ3n) is 4.92. The Kier molecular flexibility index (Phi) is 5.09. The van der Waals surface area contributed by atoms with Gasteiger partial charge in [-0.25, -0.2) is 0 Å². The first-order valence-electron chi connectivity index (χ1n) is 9.41. The highest BCUT2D eigenvalue weighted by atomic mass is 79.9. The average molecular weight is 452 g/mol. The summed E-state index contributed by atoms with van der Waals surface area (Å²) in [5, 5.41) is 0. The van der Waals surface area contributed by atoms with E-state index in [1.807, 2.05) is 80.7 Å². The predicted octanol–water partition coefficient (Wildman–Crippen LogP) is 5.27. The van der Waals surface area contributed by atoms with Crippen LogP contribution in [0.25, 0.3) is 5.57 Å². The average Bonchev–Trinajstić information content (AvgIpc) is 2.69. The van der Waals surface area contributed by atoms with Gasteiger partial charge in [-0.2, -0.15) is 0 Å². The zero-order valence-electron chi connectivity index (χ0n) is 16.6. The fraction of sp³-hybridized carbons (Fsp3) is 0.208. The van der Waals surface area contributed by atoms with Crippen LogP contribution < -0.4 is 15.0 Å². The summed E-state index contributed by atoms with van der Waals surface area (Å²) in [4.78, 5) is 13.3. The van der Waals surface area contributed by atoms with Crippen LogP contribution in [0.2, 0.25) is 0 Å². The number of benzene rings is 2. The molecule has 148 valence electrons. The van der Waals surface area contributed by atoms with Gasteiger partial charge in [0.25, 0.3) is 5.56 Å². The molecule has 0 unspecified atom stereocenters. The normalized spacial score (nSPS) is 14.6. The van der Waals surface area contributed by atoms with Gasteiger partial charge in [0, 0.05) is 21.8 Å². The van der Waals surface area contributed by atoms with Crippen molar-refractivity contribution in [1.29, 1.82) is 0 Å². The minimum absolute atomic E-state index is 0.0295. The maximum atomic E-state index is 13.3. The molecular formula is C24H22BrNO3. The van der Waals surface area contributed by atoms with Gasteiger partial charge in [0.05, 0.1) is 13.7 Å². The minimum atomic E-state index is -0.501. The van der Waals surface area contributed by atoms with Crippen molar-refractivity contribution in [2.75, 3.05) is 7.11 Å². The molecule has 0 spiro atoms. The summed E-state index contributed by atoms with van der Waals surface area (Å²) in [6.07, 6.45) is 3.85. The van der Waals surface area contributed by atoms with Crippen molar-refractivity contribution < 1.29 is 9.47 Å². The molecule has 0 saturated carbocycles. The first kappa shape index (κ1) is 19.5. The Labute approximate surface area is 178 Å². The molecule has 0 aliphatic carbocycles. The SMILES string of the molecule is COc1ccc(Cn2cccc(C3=CC(C)(C)Oc4ccc(Br)cc43)c2=O)cc1. The van der Waals surface area contributed by atoms with Gasteiger partial charge < -0.3 is 14.0 Å². The van der Waals surface area contributed by atoms with Crippen LogP contribution in [0.15, 0.2) is 76.1 Å². The Bertz CT molecular complexity index is 1140. The van der Waals surface area contributed by atoms with Crippen LogP contribution in [0.1, 0.15) is 30.5 Å². The molecule has 0 amide bonds. The van der Waals surface area contributed by atoms with Gasteiger partial charge in [-0.05, 0) is 73.5 Å². The van der Waals surface area contributed by atoms with E-state index in [-0.39, 0.29) is 5.56 Å². The van der Waals surface area contributed by atoms with Crippen LogP contribution in [-0.4, -0.2) is 17.3 Å². The van der Waals surface area contributed by atoms with Crippen molar-refractivity contribution >= 4 is 21.5 Å². The zero-order valence-corrected chi connectivity index (χ0v) is 18.2.